The summed E-state index contributed by atoms with van der Waals surface area (Å²) in [5.74, 6) is -0.0195. The number of carbonyl (C=O) groups excluding carboxylic acids is 1. The number of rotatable bonds is 4. The number of carbonyl (C=O) groups is 1. The van der Waals surface area contributed by atoms with Crippen LogP contribution in [-0.4, -0.2) is 20.4 Å². The zero-order chi connectivity index (χ0) is 13.8. The second-order valence-corrected chi connectivity index (χ2v) is 4.46. The first-order valence-corrected chi connectivity index (χ1v) is 6.43. The van der Waals surface area contributed by atoms with Crippen molar-refractivity contribution in [3.63, 3.8) is 0 Å². The van der Waals surface area contributed by atoms with Crippen molar-refractivity contribution in [2.24, 2.45) is 0 Å². The maximum Gasteiger partial charge on any atom is 0.226 e. The number of hydrogen-bond acceptors (Lipinski definition) is 3. The van der Waals surface area contributed by atoms with Gasteiger partial charge in [0.05, 0.1) is 17.4 Å². The van der Waals surface area contributed by atoms with Gasteiger partial charge < -0.3 is 9.88 Å². The lowest BCUT2D eigenvalue weighted by atomic mass is 10.3. The molecule has 0 saturated heterocycles. The molecule has 0 radical (unpaired) electrons. The van der Waals surface area contributed by atoms with Crippen LogP contribution in [0.3, 0.4) is 0 Å². The second kappa shape index (κ2) is 5.52. The van der Waals surface area contributed by atoms with Gasteiger partial charge in [0, 0.05) is 31.0 Å². The Balaban J connectivity index is 1.63. The number of nitrogens with one attached hydrogen (secondary N) is 1. The number of hydrogen-bond donors (Lipinski definition) is 1. The average Bonchev–Trinajstić information content (AvgIpc) is 2.89. The third kappa shape index (κ3) is 2.66. The minimum Gasteiger partial charge on any atom is -0.330 e. The number of pyridine rings is 1. The van der Waals surface area contributed by atoms with E-state index >= 15 is 0 Å². The van der Waals surface area contributed by atoms with E-state index in [4.69, 9.17) is 0 Å². The highest BCUT2D eigenvalue weighted by molar-refractivity contribution is 5.90. The van der Waals surface area contributed by atoms with Crippen molar-refractivity contribution in [2.45, 2.75) is 13.0 Å². The molecule has 100 valence electrons. The van der Waals surface area contributed by atoms with Crippen molar-refractivity contribution < 1.29 is 4.79 Å². The van der Waals surface area contributed by atoms with Crippen molar-refractivity contribution >= 4 is 22.6 Å². The zero-order valence-electron chi connectivity index (χ0n) is 10.9. The predicted molar refractivity (Wildman–Crippen MR) is 77.2 cm³/mol. The van der Waals surface area contributed by atoms with Crippen LogP contribution in [0.4, 0.5) is 5.69 Å². The van der Waals surface area contributed by atoms with E-state index < -0.39 is 0 Å². The van der Waals surface area contributed by atoms with Gasteiger partial charge in [-0.3, -0.25) is 9.78 Å². The summed E-state index contributed by atoms with van der Waals surface area (Å²) < 4.78 is 1.99. The number of anilines is 1. The number of aryl methyl sites for hydroxylation is 1. The Labute approximate surface area is 116 Å². The van der Waals surface area contributed by atoms with E-state index in [1.54, 1.807) is 30.9 Å². The molecule has 1 amide bonds. The maximum atomic E-state index is 11.9. The number of aromatic nitrogens is 3. The van der Waals surface area contributed by atoms with E-state index in [9.17, 15) is 4.79 Å². The molecule has 5 heteroatoms. The van der Waals surface area contributed by atoms with Crippen molar-refractivity contribution in [3.05, 3.63) is 55.1 Å². The lowest BCUT2D eigenvalue weighted by molar-refractivity contribution is -0.116. The van der Waals surface area contributed by atoms with Gasteiger partial charge in [-0.1, -0.05) is 12.1 Å². The van der Waals surface area contributed by atoms with Crippen LogP contribution in [0.15, 0.2) is 55.1 Å². The van der Waals surface area contributed by atoms with Crippen LogP contribution >= 0.6 is 0 Å². The molecule has 0 bridgehead atoms. The number of nitrogens with zero attached hydrogens (tertiary/aromatic N) is 3. The molecule has 0 spiro atoms. The molecule has 3 rings (SSSR count). The Hall–Kier alpha value is -2.69. The highest BCUT2D eigenvalue weighted by Gasteiger charge is 2.05. The molecular formula is C15H14N4O. The molecule has 0 aliphatic heterocycles. The largest absolute Gasteiger partial charge is 0.330 e. The number of para-hydroxylation sites is 2. The monoisotopic (exact) mass is 266 g/mol. The van der Waals surface area contributed by atoms with Crippen LogP contribution in [-0.2, 0) is 11.3 Å². The van der Waals surface area contributed by atoms with Crippen LogP contribution in [0.1, 0.15) is 6.42 Å². The summed E-state index contributed by atoms with van der Waals surface area (Å²) in [6.07, 6.45) is 5.48. The highest BCUT2D eigenvalue weighted by Crippen LogP contribution is 2.12. The average molecular weight is 266 g/mol. The Morgan fingerprint density at radius 3 is 2.80 bits per heavy atom. The molecule has 2 heterocycles. The number of imidazole rings is 1. The van der Waals surface area contributed by atoms with Crippen LogP contribution in [0.5, 0.6) is 0 Å². The summed E-state index contributed by atoms with van der Waals surface area (Å²) in [7, 11) is 0. The number of benzene rings is 1. The highest BCUT2D eigenvalue weighted by atomic mass is 16.1. The number of fused-ring (bicyclic) bond motifs is 1. The lowest BCUT2D eigenvalue weighted by Gasteiger charge is -2.06. The molecule has 0 aliphatic carbocycles. The SMILES string of the molecule is O=C(CCn1cnc2ccccc21)Nc1ccncc1. The molecular weight excluding hydrogens is 252 g/mol. The minimum absolute atomic E-state index is 0.0195. The lowest BCUT2D eigenvalue weighted by Crippen LogP contribution is -2.14. The molecule has 0 atom stereocenters. The molecule has 0 unspecified atom stereocenters. The Morgan fingerprint density at radius 1 is 1.15 bits per heavy atom. The Morgan fingerprint density at radius 2 is 1.95 bits per heavy atom. The van der Waals surface area contributed by atoms with Crippen LogP contribution < -0.4 is 5.32 Å². The summed E-state index contributed by atoms with van der Waals surface area (Å²) >= 11 is 0. The van der Waals surface area contributed by atoms with Gasteiger partial charge in [0.25, 0.3) is 0 Å². The van der Waals surface area contributed by atoms with E-state index in [-0.39, 0.29) is 5.91 Å². The molecule has 1 N–H and O–H groups in total. The molecule has 0 aliphatic rings. The van der Waals surface area contributed by atoms with Crippen LogP contribution in [0, 0.1) is 0 Å². The summed E-state index contributed by atoms with van der Waals surface area (Å²) in [6.45, 7) is 0.609. The first-order chi connectivity index (χ1) is 9.83. The fraction of sp³-hybridized carbons (Fsp3) is 0.133. The van der Waals surface area contributed by atoms with Crippen molar-refractivity contribution in [3.8, 4) is 0 Å². The minimum atomic E-state index is -0.0195. The van der Waals surface area contributed by atoms with Gasteiger partial charge in [0.1, 0.15) is 0 Å². The molecule has 20 heavy (non-hydrogen) atoms. The molecule has 2 aromatic heterocycles. The van der Waals surface area contributed by atoms with Crippen molar-refractivity contribution in [2.75, 3.05) is 5.32 Å². The standard InChI is InChI=1S/C15H14N4O/c20-15(18-12-5-8-16-9-6-12)7-10-19-11-17-13-3-1-2-4-14(13)19/h1-6,8-9,11H,7,10H2,(H,16,18,20). The Kier molecular flexibility index (Phi) is 3.41. The third-order valence-corrected chi connectivity index (χ3v) is 3.07. The van der Waals surface area contributed by atoms with Gasteiger partial charge in [0.2, 0.25) is 5.91 Å². The van der Waals surface area contributed by atoms with Gasteiger partial charge in [-0.2, -0.15) is 0 Å². The fourth-order valence-corrected chi connectivity index (χ4v) is 2.07. The summed E-state index contributed by atoms with van der Waals surface area (Å²) in [5, 5.41) is 2.84. The quantitative estimate of drug-likeness (QED) is 0.789. The first-order valence-electron chi connectivity index (χ1n) is 6.43. The Bertz CT molecular complexity index is 721. The summed E-state index contributed by atoms with van der Waals surface area (Å²) in [6, 6.07) is 11.4. The number of amides is 1. The van der Waals surface area contributed by atoms with Crippen LogP contribution in [0.25, 0.3) is 11.0 Å². The van der Waals surface area contributed by atoms with E-state index in [1.807, 2.05) is 28.8 Å². The van der Waals surface area contributed by atoms with Gasteiger partial charge in [-0.05, 0) is 24.3 Å². The maximum absolute atomic E-state index is 11.9. The second-order valence-electron chi connectivity index (χ2n) is 4.46. The van der Waals surface area contributed by atoms with Gasteiger partial charge in [-0.25, -0.2) is 4.98 Å². The van der Waals surface area contributed by atoms with E-state index in [0.717, 1.165) is 16.7 Å². The molecule has 5 nitrogen and oxygen atoms in total. The van der Waals surface area contributed by atoms with E-state index in [0.29, 0.717) is 13.0 Å². The van der Waals surface area contributed by atoms with Gasteiger partial charge >= 0.3 is 0 Å². The van der Waals surface area contributed by atoms with Crippen LogP contribution in [0.2, 0.25) is 0 Å². The van der Waals surface area contributed by atoms with Gasteiger partial charge in [-0.15, -0.1) is 0 Å². The summed E-state index contributed by atoms with van der Waals surface area (Å²) in [5.41, 5.74) is 2.76. The smallest absolute Gasteiger partial charge is 0.226 e. The molecule has 1 aromatic carbocycles. The molecule has 0 fully saturated rings. The zero-order valence-corrected chi connectivity index (χ0v) is 10.9. The van der Waals surface area contributed by atoms with Crippen molar-refractivity contribution in [1.29, 1.82) is 0 Å². The predicted octanol–water partition coefficient (Wildman–Crippen LogP) is 2.46. The third-order valence-electron chi connectivity index (χ3n) is 3.07. The first kappa shape index (κ1) is 12.3. The van der Waals surface area contributed by atoms with E-state index in [1.165, 1.54) is 0 Å². The summed E-state index contributed by atoms with van der Waals surface area (Å²) in [4.78, 5) is 20.1. The molecule has 3 aromatic rings. The molecule has 0 saturated carbocycles. The van der Waals surface area contributed by atoms with Crippen molar-refractivity contribution in [1.82, 2.24) is 14.5 Å². The topological polar surface area (TPSA) is 59.8 Å². The normalized spacial score (nSPS) is 10.6. The van der Waals surface area contributed by atoms with E-state index in [2.05, 4.69) is 15.3 Å². The fourth-order valence-electron chi connectivity index (χ4n) is 2.07. The van der Waals surface area contributed by atoms with Gasteiger partial charge in [0.15, 0.2) is 0 Å².